The highest BCUT2D eigenvalue weighted by atomic mass is 32.2. The first-order chi connectivity index (χ1) is 7.91. The summed E-state index contributed by atoms with van der Waals surface area (Å²) in [5.74, 6) is 0. The smallest absolute Gasteiger partial charge is 0.289 e. The Morgan fingerprint density at radius 1 is 1.41 bits per heavy atom. The Kier molecular flexibility index (Phi) is 4.16. The first kappa shape index (κ1) is 13.6. The van der Waals surface area contributed by atoms with Crippen LogP contribution in [0, 0.1) is 10.1 Å². The van der Waals surface area contributed by atoms with Crippen molar-refractivity contribution >= 4 is 15.7 Å². The van der Waals surface area contributed by atoms with Crippen LogP contribution < -0.4 is 0 Å². The van der Waals surface area contributed by atoms with Crippen LogP contribution in [-0.4, -0.2) is 43.0 Å². The summed E-state index contributed by atoms with van der Waals surface area (Å²) in [6, 6.07) is 5.09. The number of nitro benzene ring substituents is 1. The van der Waals surface area contributed by atoms with E-state index in [9.17, 15) is 18.5 Å². The lowest BCUT2D eigenvalue weighted by Gasteiger charge is -2.15. The molecule has 94 valence electrons. The van der Waals surface area contributed by atoms with Gasteiger partial charge in [0, 0.05) is 19.7 Å². The third kappa shape index (κ3) is 2.78. The van der Waals surface area contributed by atoms with Gasteiger partial charge in [0.15, 0.2) is 4.90 Å². The van der Waals surface area contributed by atoms with E-state index >= 15 is 0 Å². The molecule has 0 aliphatic rings. The van der Waals surface area contributed by atoms with Crippen LogP contribution in [0.3, 0.4) is 0 Å². The lowest BCUT2D eigenvalue weighted by molar-refractivity contribution is -0.387. The topological polar surface area (TPSA) is 101 Å². The molecular weight excluding hydrogens is 248 g/mol. The molecule has 0 fully saturated rings. The van der Waals surface area contributed by atoms with Gasteiger partial charge in [-0.3, -0.25) is 10.1 Å². The molecule has 0 bridgehead atoms. The summed E-state index contributed by atoms with van der Waals surface area (Å²) in [6.07, 6.45) is 0. The molecule has 1 N–H and O–H groups in total. The van der Waals surface area contributed by atoms with Crippen molar-refractivity contribution in [2.45, 2.75) is 4.90 Å². The molecule has 0 unspecified atom stereocenters. The zero-order valence-corrected chi connectivity index (χ0v) is 9.92. The fourth-order valence-electron chi connectivity index (χ4n) is 1.26. The maximum absolute atomic E-state index is 12.0. The molecule has 0 aliphatic heterocycles. The largest absolute Gasteiger partial charge is 0.395 e. The molecule has 1 aromatic rings. The van der Waals surface area contributed by atoms with Crippen molar-refractivity contribution < 1.29 is 18.4 Å². The number of aliphatic hydroxyl groups is 1. The summed E-state index contributed by atoms with van der Waals surface area (Å²) >= 11 is 0. The summed E-state index contributed by atoms with van der Waals surface area (Å²) in [5, 5.41) is 19.4. The molecule has 0 saturated heterocycles. The van der Waals surface area contributed by atoms with E-state index in [1.165, 1.54) is 25.2 Å². The summed E-state index contributed by atoms with van der Waals surface area (Å²) in [6.45, 7) is -0.468. The number of para-hydroxylation sites is 1. The van der Waals surface area contributed by atoms with Gasteiger partial charge in [-0.2, -0.15) is 4.31 Å². The minimum Gasteiger partial charge on any atom is -0.395 e. The Morgan fingerprint density at radius 2 is 2.00 bits per heavy atom. The normalized spacial score (nSPS) is 11.7. The number of likely N-dealkylation sites (N-methyl/N-ethyl adjacent to an activating group) is 1. The molecule has 0 saturated carbocycles. The van der Waals surface area contributed by atoms with Crippen LogP contribution in [0.2, 0.25) is 0 Å². The number of hydrogen-bond acceptors (Lipinski definition) is 5. The number of sulfonamides is 1. The highest BCUT2D eigenvalue weighted by molar-refractivity contribution is 7.89. The maximum atomic E-state index is 12.0. The Hall–Kier alpha value is -1.51. The zero-order valence-electron chi connectivity index (χ0n) is 9.11. The van der Waals surface area contributed by atoms with E-state index in [0.29, 0.717) is 0 Å². The van der Waals surface area contributed by atoms with E-state index in [1.807, 2.05) is 0 Å². The summed E-state index contributed by atoms with van der Waals surface area (Å²) in [5.41, 5.74) is -0.475. The Labute approximate surface area is 98.5 Å². The predicted molar refractivity (Wildman–Crippen MR) is 60.0 cm³/mol. The van der Waals surface area contributed by atoms with Gasteiger partial charge in [-0.1, -0.05) is 12.1 Å². The molecule has 1 rings (SSSR count). The SMILES string of the molecule is CN(CCO)S(=O)(=O)c1ccccc1[N+](=O)[O-]. The molecule has 7 nitrogen and oxygen atoms in total. The summed E-state index contributed by atoms with van der Waals surface area (Å²) in [7, 11) is -2.69. The van der Waals surface area contributed by atoms with Gasteiger partial charge in [-0.25, -0.2) is 8.42 Å². The molecule has 0 spiro atoms. The van der Waals surface area contributed by atoms with Crippen LogP contribution >= 0.6 is 0 Å². The van der Waals surface area contributed by atoms with Crippen molar-refractivity contribution in [1.29, 1.82) is 0 Å². The second-order valence-electron chi connectivity index (χ2n) is 3.28. The van der Waals surface area contributed by atoms with Crippen molar-refractivity contribution in [1.82, 2.24) is 4.31 Å². The fourth-order valence-corrected chi connectivity index (χ4v) is 2.57. The third-order valence-electron chi connectivity index (χ3n) is 2.17. The number of nitro groups is 1. The Morgan fingerprint density at radius 3 is 2.53 bits per heavy atom. The number of nitrogens with zero attached hydrogens (tertiary/aromatic N) is 2. The van der Waals surface area contributed by atoms with E-state index in [-0.39, 0.29) is 18.0 Å². The van der Waals surface area contributed by atoms with Gasteiger partial charge >= 0.3 is 0 Å². The Bertz CT molecular complexity index is 514. The van der Waals surface area contributed by atoms with Gasteiger partial charge < -0.3 is 5.11 Å². The first-order valence-corrected chi connectivity index (χ1v) is 6.16. The molecule has 0 heterocycles. The van der Waals surface area contributed by atoms with E-state index in [2.05, 4.69) is 0 Å². The number of benzene rings is 1. The third-order valence-corrected chi connectivity index (χ3v) is 4.07. The molecule has 0 atom stereocenters. The number of hydrogen-bond donors (Lipinski definition) is 1. The Balaban J connectivity index is 3.29. The highest BCUT2D eigenvalue weighted by Crippen LogP contribution is 2.25. The standard InChI is InChI=1S/C9H12N2O5S/c1-10(6-7-12)17(15,16)9-5-3-2-4-8(9)11(13)14/h2-5,12H,6-7H2,1H3. The van der Waals surface area contributed by atoms with Crippen molar-refractivity contribution in [3.05, 3.63) is 34.4 Å². The highest BCUT2D eigenvalue weighted by Gasteiger charge is 2.28. The van der Waals surface area contributed by atoms with Gasteiger partial charge in [0.1, 0.15) is 0 Å². The van der Waals surface area contributed by atoms with Crippen LogP contribution in [-0.2, 0) is 10.0 Å². The van der Waals surface area contributed by atoms with Gasteiger partial charge in [-0.05, 0) is 6.07 Å². The van der Waals surface area contributed by atoms with Crippen molar-refractivity contribution in [2.75, 3.05) is 20.2 Å². The molecule has 0 radical (unpaired) electrons. The van der Waals surface area contributed by atoms with E-state index < -0.39 is 20.6 Å². The molecule has 0 aliphatic carbocycles. The minimum atomic E-state index is -3.95. The lowest BCUT2D eigenvalue weighted by Crippen LogP contribution is -2.30. The average Bonchev–Trinajstić information content (AvgIpc) is 2.29. The van der Waals surface area contributed by atoms with Gasteiger partial charge in [0.25, 0.3) is 5.69 Å². The van der Waals surface area contributed by atoms with Crippen LogP contribution in [0.15, 0.2) is 29.2 Å². The van der Waals surface area contributed by atoms with Crippen molar-refractivity contribution in [2.24, 2.45) is 0 Å². The predicted octanol–water partition coefficient (Wildman–Crippen LogP) is 0.208. The van der Waals surface area contributed by atoms with Gasteiger partial charge in [0.05, 0.1) is 11.5 Å². The summed E-state index contributed by atoms with van der Waals surface area (Å²) in [4.78, 5) is 9.60. The number of rotatable bonds is 5. The average molecular weight is 260 g/mol. The molecule has 0 amide bonds. The van der Waals surface area contributed by atoms with E-state index in [1.54, 1.807) is 0 Å². The van der Waals surface area contributed by atoms with E-state index in [0.717, 1.165) is 10.4 Å². The molecular formula is C9H12N2O5S. The fraction of sp³-hybridized carbons (Fsp3) is 0.333. The molecule has 1 aromatic carbocycles. The van der Waals surface area contributed by atoms with Crippen LogP contribution in [0.4, 0.5) is 5.69 Å². The van der Waals surface area contributed by atoms with E-state index in [4.69, 9.17) is 5.11 Å². The second kappa shape index (κ2) is 5.21. The van der Waals surface area contributed by atoms with Crippen LogP contribution in [0.5, 0.6) is 0 Å². The molecule has 8 heteroatoms. The van der Waals surface area contributed by atoms with Crippen LogP contribution in [0.1, 0.15) is 0 Å². The van der Waals surface area contributed by atoms with Gasteiger partial charge in [-0.15, -0.1) is 0 Å². The molecule has 0 aromatic heterocycles. The lowest BCUT2D eigenvalue weighted by atomic mass is 10.3. The number of aliphatic hydroxyl groups excluding tert-OH is 1. The monoisotopic (exact) mass is 260 g/mol. The molecule has 17 heavy (non-hydrogen) atoms. The van der Waals surface area contributed by atoms with Gasteiger partial charge in [0.2, 0.25) is 10.0 Å². The van der Waals surface area contributed by atoms with Crippen molar-refractivity contribution in [3.8, 4) is 0 Å². The quantitative estimate of drug-likeness (QED) is 0.602. The summed E-state index contributed by atoms with van der Waals surface area (Å²) < 4.78 is 24.8. The first-order valence-electron chi connectivity index (χ1n) is 4.72. The minimum absolute atomic E-state index is 0.117. The van der Waals surface area contributed by atoms with Crippen molar-refractivity contribution in [3.63, 3.8) is 0 Å². The zero-order chi connectivity index (χ0) is 13.1. The van der Waals surface area contributed by atoms with Crippen LogP contribution in [0.25, 0.3) is 0 Å². The second-order valence-corrected chi connectivity index (χ2v) is 5.29. The maximum Gasteiger partial charge on any atom is 0.289 e.